The number of aromatic carboxylic acids is 1. The summed E-state index contributed by atoms with van der Waals surface area (Å²) in [5.41, 5.74) is 2.37. The Hall–Kier alpha value is -5.86. The molecule has 2 aromatic carbocycles. The van der Waals surface area contributed by atoms with Crippen LogP contribution < -0.4 is 0 Å². The summed E-state index contributed by atoms with van der Waals surface area (Å²) in [5, 5.41) is 62.5. The van der Waals surface area contributed by atoms with Crippen molar-refractivity contribution >= 4 is 45.7 Å². The molecular formula is C39H42N4O14. The summed E-state index contributed by atoms with van der Waals surface area (Å²) in [5.74, 6) is 8.78. The molecule has 2 aliphatic rings. The van der Waals surface area contributed by atoms with Gasteiger partial charge in [-0.05, 0) is 30.2 Å². The van der Waals surface area contributed by atoms with Crippen molar-refractivity contribution in [1.29, 1.82) is 0 Å². The smallest absolute Gasteiger partial charge is 0.337 e. The van der Waals surface area contributed by atoms with E-state index < -0.39 is 79.3 Å². The van der Waals surface area contributed by atoms with Gasteiger partial charge in [0.05, 0.1) is 65.5 Å². The van der Waals surface area contributed by atoms with Crippen LogP contribution in [-0.2, 0) is 33.3 Å². The van der Waals surface area contributed by atoms with Crippen molar-refractivity contribution in [1.82, 2.24) is 20.4 Å². The third kappa shape index (κ3) is 9.76. The Morgan fingerprint density at radius 3 is 1.88 bits per heavy atom. The van der Waals surface area contributed by atoms with Crippen LogP contribution in [-0.4, -0.2) is 139 Å². The van der Waals surface area contributed by atoms with E-state index in [2.05, 4.69) is 44.1 Å². The molecule has 0 bridgehead atoms. The molecule has 18 heteroatoms. The molecule has 57 heavy (non-hydrogen) atoms. The van der Waals surface area contributed by atoms with Crippen LogP contribution in [0, 0.1) is 35.5 Å². The number of hydrogen-bond acceptors (Lipinski definition) is 15. The van der Waals surface area contributed by atoms with Gasteiger partial charge in [-0.15, -0.1) is 0 Å². The van der Waals surface area contributed by atoms with Gasteiger partial charge in [-0.2, -0.15) is 10.2 Å². The van der Waals surface area contributed by atoms with Crippen molar-refractivity contribution < 1.29 is 68.4 Å². The van der Waals surface area contributed by atoms with Gasteiger partial charge in [0, 0.05) is 30.5 Å². The van der Waals surface area contributed by atoms with E-state index in [4.69, 9.17) is 28.8 Å². The van der Waals surface area contributed by atoms with Gasteiger partial charge in [-0.1, -0.05) is 37.5 Å². The van der Waals surface area contributed by atoms with Crippen LogP contribution in [0.1, 0.15) is 59.5 Å². The van der Waals surface area contributed by atoms with E-state index in [1.807, 2.05) is 13.8 Å². The third-order valence-electron chi connectivity index (χ3n) is 9.66. The highest BCUT2D eigenvalue weighted by Crippen LogP contribution is 2.33. The lowest BCUT2D eigenvalue weighted by molar-refractivity contribution is -0.214. The summed E-state index contributed by atoms with van der Waals surface area (Å²) in [6, 6.07) is 6.05. The molecular weight excluding hydrogens is 748 g/mol. The number of methoxy groups -OCH3 is 1. The first-order valence-corrected chi connectivity index (χ1v) is 17.7. The molecule has 0 amide bonds. The number of aliphatic hydroxyl groups is 4. The van der Waals surface area contributed by atoms with Gasteiger partial charge in [-0.25, -0.2) is 9.59 Å². The van der Waals surface area contributed by atoms with Crippen molar-refractivity contribution in [3.8, 4) is 23.7 Å². The lowest BCUT2D eigenvalue weighted by Gasteiger charge is -2.42. The zero-order chi connectivity index (χ0) is 41.6. The predicted octanol–water partition coefficient (Wildman–Crippen LogP) is 0.690. The Labute approximate surface area is 325 Å². The highest BCUT2D eigenvalue weighted by molar-refractivity contribution is 5.97. The minimum atomic E-state index is -1.53. The number of esters is 3. The standard InChI is InChI=1S/C23H26N2O7.C16H16N2O7/c1-12-13(2)22(31-15(4)27)19(32-20(12)11-30-14(3)26)7-6-16-8-17(23(28)29-5)9-18-10-24-25-21(16)18;19-6-11-14(21)15(22)13(20)10(25-11)2-1-7-3-8(16(23)24)4-9-5-17-18-12(7)9/h8-10,12-13,19-20,22H,11H2,1-5H3,(H,24,25);3-5,10-11,13-15,19-22H,6H2,(H,17,18)(H,23,24)/t12-,13-,19+,20+,22-;10-,11-,13-,14-,15-/m01/s1. The number of fused-ring (bicyclic) bond motifs is 2. The highest BCUT2D eigenvalue weighted by Gasteiger charge is 2.44. The highest BCUT2D eigenvalue weighted by atomic mass is 16.6. The van der Waals surface area contributed by atoms with E-state index in [0.717, 1.165) is 0 Å². The van der Waals surface area contributed by atoms with E-state index >= 15 is 0 Å². The zero-order valence-electron chi connectivity index (χ0n) is 31.5. The molecule has 18 nitrogen and oxygen atoms in total. The minimum absolute atomic E-state index is 0.0204. The van der Waals surface area contributed by atoms with E-state index in [9.17, 15) is 39.6 Å². The second-order valence-electron chi connectivity index (χ2n) is 13.5. The van der Waals surface area contributed by atoms with Crippen LogP contribution in [0.3, 0.4) is 0 Å². The third-order valence-corrected chi connectivity index (χ3v) is 9.66. The number of carbonyl (C=O) groups excluding carboxylic acids is 3. The quantitative estimate of drug-likeness (QED) is 0.0804. The lowest BCUT2D eigenvalue weighted by Crippen LogP contribution is -2.58. The molecule has 2 aliphatic heterocycles. The summed E-state index contributed by atoms with van der Waals surface area (Å²) in [7, 11) is 1.30. The number of aromatic amines is 2. The van der Waals surface area contributed by atoms with E-state index in [1.54, 1.807) is 18.3 Å². The molecule has 4 heterocycles. The first-order valence-electron chi connectivity index (χ1n) is 17.7. The van der Waals surface area contributed by atoms with Crippen molar-refractivity contribution in [2.75, 3.05) is 20.3 Å². The van der Waals surface area contributed by atoms with Gasteiger partial charge in [0.15, 0.2) is 6.10 Å². The Bertz CT molecular complexity index is 2240. The summed E-state index contributed by atoms with van der Waals surface area (Å²) in [6.45, 7) is 6.09. The van der Waals surface area contributed by atoms with E-state index in [0.29, 0.717) is 38.5 Å². The number of nitrogens with zero attached hydrogens (tertiary/aromatic N) is 2. The molecule has 4 aromatic rings. The van der Waals surface area contributed by atoms with Crippen LogP contribution in [0.5, 0.6) is 0 Å². The van der Waals surface area contributed by atoms with Crippen LogP contribution in [0.4, 0.5) is 0 Å². The maximum Gasteiger partial charge on any atom is 0.337 e. The zero-order valence-corrected chi connectivity index (χ0v) is 31.5. The Morgan fingerprint density at radius 1 is 0.772 bits per heavy atom. The minimum Gasteiger partial charge on any atom is -0.478 e. The number of nitrogens with one attached hydrogen (secondary N) is 2. The second-order valence-corrected chi connectivity index (χ2v) is 13.5. The molecule has 2 saturated heterocycles. The van der Waals surface area contributed by atoms with Crippen molar-refractivity contribution in [2.45, 2.75) is 76.5 Å². The van der Waals surface area contributed by atoms with Gasteiger partial charge in [0.2, 0.25) is 0 Å². The van der Waals surface area contributed by atoms with Gasteiger partial charge < -0.3 is 49.2 Å². The van der Waals surface area contributed by atoms with Crippen LogP contribution >= 0.6 is 0 Å². The first-order chi connectivity index (χ1) is 27.1. The number of H-pyrrole nitrogens is 2. The van der Waals surface area contributed by atoms with Gasteiger partial charge >= 0.3 is 23.9 Å². The summed E-state index contributed by atoms with van der Waals surface area (Å²) >= 11 is 0. The van der Waals surface area contributed by atoms with Crippen molar-refractivity contribution in [2.24, 2.45) is 11.8 Å². The number of carbonyl (C=O) groups is 4. The monoisotopic (exact) mass is 790 g/mol. The first kappa shape index (κ1) is 42.3. The fourth-order valence-corrected chi connectivity index (χ4v) is 6.36. The molecule has 0 unspecified atom stereocenters. The molecule has 0 aliphatic carbocycles. The number of carboxylic acid groups (broad SMARTS) is 1. The maximum atomic E-state index is 12.0. The normalized spacial score (nSPS) is 26.8. The molecule has 7 N–H and O–H groups in total. The van der Waals surface area contributed by atoms with Crippen molar-refractivity contribution in [3.63, 3.8) is 0 Å². The molecule has 10 atom stereocenters. The number of aliphatic hydroxyl groups excluding tert-OH is 4. The lowest BCUT2D eigenvalue weighted by atomic mass is 9.81. The van der Waals surface area contributed by atoms with Crippen LogP contribution in [0.25, 0.3) is 21.8 Å². The molecule has 6 rings (SSSR count). The Balaban J connectivity index is 0.000000224. The van der Waals surface area contributed by atoms with Crippen LogP contribution in [0.2, 0.25) is 0 Å². The molecule has 0 saturated carbocycles. The predicted molar refractivity (Wildman–Crippen MR) is 197 cm³/mol. The summed E-state index contributed by atoms with van der Waals surface area (Å²) in [4.78, 5) is 46.2. The molecule has 302 valence electrons. The number of aromatic nitrogens is 4. The summed E-state index contributed by atoms with van der Waals surface area (Å²) in [6.07, 6.45) is -5.42. The fourth-order valence-electron chi connectivity index (χ4n) is 6.36. The average Bonchev–Trinajstić information content (AvgIpc) is 3.87. The van der Waals surface area contributed by atoms with Crippen molar-refractivity contribution in [3.05, 3.63) is 58.9 Å². The number of ether oxygens (including phenoxy) is 5. The molecule has 0 radical (unpaired) electrons. The average molecular weight is 791 g/mol. The molecule has 2 fully saturated rings. The molecule has 0 spiro atoms. The number of carboxylic acids is 1. The number of benzene rings is 2. The SMILES string of the molecule is COC(=O)c1cc(C#C[C@H]2O[C@H](COC(C)=O)[C@@H](C)[C@H](C)[C@@H]2OC(C)=O)c2[nH]ncc2c1.O=C(O)c1cc(C#C[C@H]2O[C@H](CO)[C@@H](O)[C@H](O)[C@@H]2O)c2[nH]ncc2c1. The maximum absolute atomic E-state index is 12.0. The van der Waals surface area contributed by atoms with E-state index in [1.165, 1.54) is 39.3 Å². The number of hydrogen-bond donors (Lipinski definition) is 7. The van der Waals surface area contributed by atoms with Crippen LogP contribution in [0.15, 0.2) is 36.7 Å². The van der Waals surface area contributed by atoms with E-state index in [-0.39, 0.29) is 24.0 Å². The molecule has 2 aromatic heterocycles. The Kier molecular flexibility index (Phi) is 13.6. The Morgan fingerprint density at radius 2 is 1.33 bits per heavy atom. The van der Waals surface area contributed by atoms with Gasteiger partial charge in [0.1, 0.15) is 43.2 Å². The summed E-state index contributed by atoms with van der Waals surface area (Å²) < 4.78 is 26.9. The van der Waals surface area contributed by atoms with Gasteiger partial charge in [0.25, 0.3) is 0 Å². The number of rotatable bonds is 6. The second kappa shape index (κ2) is 18.4. The topological polar surface area (TPSA) is 273 Å². The fraction of sp³-hybridized carbons (Fsp3) is 0.436. The van der Waals surface area contributed by atoms with Gasteiger partial charge in [-0.3, -0.25) is 19.8 Å². The largest absolute Gasteiger partial charge is 0.478 e.